The van der Waals surface area contributed by atoms with Crippen LogP contribution in [0.15, 0.2) is 30.3 Å². The minimum absolute atomic E-state index is 0.712. The van der Waals surface area contributed by atoms with E-state index in [4.69, 9.17) is 0 Å². The Bertz CT molecular complexity index is 246. The summed E-state index contributed by atoms with van der Waals surface area (Å²) >= 11 is 2.32. The molecule has 1 nitrogen and oxygen atoms in total. The molecule has 86 valence electrons. The Hall–Kier alpha value is -0.223. The van der Waals surface area contributed by atoms with Gasteiger partial charge in [0.25, 0.3) is 0 Å². The molecule has 0 aliphatic heterocycles. The van der Waals surface area contributed by atoms with Gasteiger partial charge in [-0.25, -0.2) is 0 Å². The van der Waals surface area contributed by atoms with Crippen molar-refractivity contribution in [3.8, 4) is 0 Å². The predicted molar refractivity (Wildman–Crippen MR) is 74.0 cm³/mol. The maximum absolute atomic E-state index is 2.75. The molecule has 0 bridgehead atoms. The topological polar surface area (TPSA) is 12.0 Å². The predicted octanol–water partition coefficient (Wildman–Crippen LogP) is 3.17. The van der Waals surface area contributed by atoms with Crippen LogP contribution in [0, 0.1) is 5.92 Å². The van der Waals surface area contributed by atoms with Crippen LogP contribution in [0.3, 0.4) is 0 Å². The molecule has 1 rings (SSSR count). The van der Waals surface area contributed by atoms with Crippen molar-refractivity contribution in [2.45, 2.75) is 31.3 Å². The molecule has 0 heterocycles. The first-order chi connectivity index (χ1) is 7.61. The third kappa shape index (κ3) is 7.99. The standard InChI is InChI=1S/C12H17.C2H7N.Li/c1-11(2)7-6-10-12-8-4-3-5-9-12;1-3-2;/h3-5,8-11H,6-7H2,1-2H3;3H,1-2H3;. The third-order valence-corrected chi connectivity index (χ3v) is 2.55. The monoisotopic (exact) mass is 213 g/mol. The first-order valence-corrected chi connectivity index (χ1v) is 6.25. The molecule has 0 spiro atoms. The van der Waals surface area contributed by atoms with E-state index in [0.29, 0.717) is 4.59 Å². The second-order valence-corrected chi connectivity index (χ2v) is 4.78. The van der Waals surface area contributed by atoms with E-state index in [0.717, 1.165) is 5.92 Å². The molecule has 0 aliphatic carbocycles. The van der Waals surface area contributed by atoms with E-state index in [9.17, 15) is 0 Å². The minimum atomic E-state index is 0.712. The Morgan fingerprint density at radius 1 is 1.06 bits per heavy atom. The molecule has 0 amide bonds. The van der Waals surface area contributed by atoms with Crippen LogP contribution >= 0.6 is 0 Å². The van der Waals surface area contributed by atoms with Crippen molar-refractivity contribution in [2.24, 2.45) is 5.92 Å². The SMILES string of the molecule is CNC.[Li][CH](CCC(C)C)c1ccccc1. The fourth-order valence-electron chi connectivity index (χ4n) is 1.53. The second-order valence-electron chi connectivity index (χ2n) is 4.78. The van der Waals surface area contributed by atoms with Crippen LogP contribution < -0.4 is 5.32 Å². The Kier molecular flexibility index (Phi) is 9.83. The van der Waals surface area contributed by atoms with Crippen LogP contribution in [0.25, 0.3) is 0 Å². The average Bonchev–Trinajstić information content (AvgIpc) is 2.28. The molecule has 0 saturated carbocycles. The third-order valence-electron chi connectivity index (χ3n) is 2.55. The zero-order chi connectivity index (χ0) is 12.4. The molecule has 1 aromatic rings. The number of rotatable bonds is 4. The van der Waals surface area contributed by atoms with Gasteiger partial charge in [-0.3, -0.25) is 0 Å². The van der Waals surface area contributed by atoms with E-state index in [2.05, 4.69) is 67.2 Å². The van der Waals surface area contributed by atoms with E-state index in [1.807, 2.05) is 14.1 Å². The van der Waals surface area contributed by atoms with E-state index in [1.165, 1.54) is 18.4 Å². The van der Waals surface area contributed by atoms with Crippen LogP contribution in [-0.2, 0) is 0 Å². The summed E-state index contributed by atoms with van der Waals surface area (Å²) < 4.78 is 0.712. The molecule has 0 fully saturated rings. The van der Waals surface area contributed by atoms with Gasteiger partial charge in [-0.2, -0.15) is 0 Å². The van der Waals surface area contributed by atoms with Gasteiger partial charge >= 0.3 is 90.8 Å². The molecule has 1 unspecified atom stereocenters. The van der Waals surface area contributed by atoms with Crippen LogP contribution in [0.2, 0.25) is 0 Å². The summed E-state index contributed by atoms with van der Waals surface area (Å²) in [6.45, 7) is 4.58. The molecule has 1 N–H and O–H groups in total. The van der Waals surface area contributed by atoms with E-state index in [-0.39, 0.29) is 0 Å². The van der Waals surface area contributed by atoms with Gasteiger partial charge in [0.2, 0.25) is 0 Å². The average molecular weight is 213 g/mol. The van der Waals surface area contributed by atoms with Gasteiger partial charge < -0.3 is 5.32 Å². The number of hydrogen-bond donors (Lipinski definition) is 1. The molecule has 1 atom stereocenters. The molecule has 1 aromatic carbocycles. The number of hydrogen-bond acceptors (Lipinski definition) is 1. The van der Waals surface area contributed by atoms with Crippen molar-refractivity contribution in [1.29, 1.82) is 0 Å². The fraction of sp³-hybridized carbons (Fsp3) is 0.571. The zero-order valence-corrected chi connectivity index (χ0v) is 11.5. The van der Waals surface area contributed by atoms with Gasteiger partial charge in [0.05, 0.1) is 0 Å². The summed E-state index contributed by atoms with van der Waals surface area (Å²) in [5.74, 6) is 0.825. The summed E-state index contributed by atoms with van der Waals surface area (Å²) in [6, 6.07) is 10.8. The van der Waals surface area contributed by atoms with Crippen LogP contribution in [-0.4, -0.2) is 31.8 Å². The second kappa shape index (κ2) is 9.97. The van der Waals surface area contributed by atoms with Crippen molar-refractivity contribution in [1.82, 2.24) is 5.32 Å². The van der Waals surface area contributed by atoms with Gasteiger partial charge in [-0.15, -0.1) is 0 Å². The molecule has 0 aliphatic rings. The summed E-state index contributed by atoms with van der Waals surface area (Å²) in [6.07, 6.45) is 2.64. The van der Waals surface area contributed by atoms with Gasteiger partial charge in [0, 0.05) is 0 Å². The van der Waals surface area contributed by atoms with Crippen LogP contribution in [0.4, 0.5) is 0 Å². The van der Waals surface area contributed by atoms with Gasteiger partial charge in [-0.05, 0) is 14.1 Å². The first kappa shape index (κ1) is 15.8. The Labute approximate surface area is 110 Å². The molecule has 0 radical (unpaired) electrons. The van der Waals surface area contributed by atoms with E-state index in [1.54, 1.807) is 0 Å². The summed E-state index contributed by atoms with van der Waals surface area (Å²) in [5, 5.41) is 2.75. The summed E-state index contributed by atoms with van der Waals surface area (Å²) in [5.41, 5.74) is 1.48. The van der Waals surface area contributed by atoms with Gasteiger partial charge in [0.15, 0.2) is 0 Å². The molecule has 2 heteroatoms. The molecule has 0 aromatic heterocycles. The maximum atomic E-state index is 2.75. The molecule has 0 saturated heterocycles. The number of nitrogens with one attached hydrogen (secondary N) is 1. The van der Waals surface area contributed by atoms with Crippen LogP contribution in [0.1, 0.15) is 36.8 Å². The Morgan fingerprint density at radius 3 is 2.00 bits per heavy atom. The quantitative estimate of drug-likeness (QED) is 0.757. The molecular formula is C14H24LiN. The first-order valence-electron chi connectivity index (χ1n) is 6.25. The zero-order valence-electron chi connectivity index (χ0n) is 11.5. The fourth-order valence-corrected chi connectivity index (χ4v) is 1.53. The number of benzene rings is 1. The Morgan fingerprint density at radius 2 is 1.56 bits per heavy atom. The Balaban J connectivity index is 0.000000673. The van der Waals surface area contributed by atoms with Crippen molar-refractivity contribution in [2.75, 3.05) is 14.1 Å². The van der Waals surface area contributed by atoms with Crippen molar-refractivity contribution in [3.05, 3.63) is 35.9 Å². The summed E-state index contributed by atoms with van der Waals surface area (Å²) in [7, 11) is 3.75. The molecular weight excluding hydrogens is 189 g/mol. The van der Waals surface area contributed by atoms with E-state index >= 15 is 0 Å². The summed E-state index contributed by atoms with van der Waals surface area (Å²) in [4.78, 5) is 0. The van der Waals surface area contributed by atoms with Crippen molar-refractivity contribution < 1.29 is 0 Å². The van der Waals surface area contributed by atoms with Gasteiger partial charge in [-0.1, -0.05) is 0 Å². The molecule has 16 heavy (non-hydrogen) atoms. The van der Waals surface area contributed by atoms with Gasteiger partial charge in [0.1, 0.15) is 0 Å². The van der Waals surface area contributed by atoms with Crippen molar-refractivity contribution in [3.63, 3.8) is 0 Å². The van der Waals surface area contributed by atoms with Crippen LogP contribution in [0.5, 0.6) is 0 Å². The normalized spacial score (nSPS) is 11.9. The van der Waals surface area contributed by atoms with Crippen molar-refractivity contribution >= 4 is 17.7 Å². The van der Waals surface area contributed by atoms with E-state index < -0.39 is 0 Å².